The predicted molar refractivity (Wildman–Crippen MR) is 57.5 cm³/mol. The first-order valence-corrected chi connectivity index (χ1v) is 5.63. The van der Waals surface area contributed by atoms with Gasteiger partial charge in [0.2, 0.25) is 0 Å². The van der Waals surface area contributed by atoms with Gasteiger partial charge in [0.1, 0.15) is 0 Å². The largest absolute Gasteiger partial charge is 0.103 e. The zero-order chi connectivity index (χ0) is 9.69. The Labute approximate surface area is 82.4 Å². The van der Waals surface area contributed by atoms with Gasteiger partial charge in [-0.05, 0) is 48.3 Å². The smallest absolute Gasteiger partial charge is 0.0240 e. The molecule has 0 aromatic rings. The normalized spacial score (nSPS) is 46.7. The molecule has 1 unspecified atom stereocenters. The van der Waals surface area contributed by atoms with E-state index in [0.717, 1.165) is 11.8 Å². The highest BCUT2D eigenvalue weighted by Gasteiger charge is 2.60. The number of rotatable bonds is 2. The number of fused-ring (bicyclic) bond motifs is 2. The molecule has 2 fully saturated rings. The van der Waals surface area contributed by atoms with Gasteiger partial charge >= 0.3 is 0 Å². The van der Waals surface area contributed by atoms with Crippen molar-refractivity contribution >= 4 is 0 Å². The lowest BCUT2D eigenvalue weighted by molar-refractivity contribution is 0.104. The molecule has 2 rings (SSSR count). The van der Waals surface area contributed by atoms with Crippen molar-refractivity contribution in [1.82, 2.24) is 0 Å². The Balaban J connectivity index is 2.27. The van der Waals surface area contributed by atoms with Gasteiger partial charge < -0.3 is 0 Å². The first-order chi connectivity index (χ1) is 6.02. The molecule has 0 heteroatoms. The van der Waals surface area contributed by atoms with Crippen molar-refractivity contribution in [1.29, 1.82) is 0 Å². The minimum absolute atomic E-state index is 0.584. The molecule has 0 spiro atoms. The molecule has 2 bridgehead atoms. The molecule has 74 valence electrons. The third-order valence-corrected chi connectivity index (χ3v) is 5.43. The van der Waals surface area contributed by atoms with Crippen molar-refractivity contribution in [3.63, 3.8) is 0 Å². The molecule has 0 radical (unpaired) electrons. The Hall–Kier alpha value is -0.260. The van der Waals surface area contributed by atoms with Crippen LogP contribution in [0.1, 0.15) is 46.5 Å². The summed E-state index contributed by atoms with van der Waals surface area (Å²) in [6.45, 7) is 11.4. The van der Waals surface area contributed by atoms with E-state index in [1.165, 1.54) is 25.7 Å². The van der Waals surface area contributed by atoms with Crippen LogP contribution in [0.2, 0.25) is 0 Å². The van der Waals surface area contributed by atoms with Crippen molar-refractivity contribution in [3.8, 4) is 0 Å². The molecule has 2 saturated carbocycles. The third kappa shape index (κ3) is 0.978. The highest BCUT2D eigenvalue weighted by Crippen LogP contribution is 2.68. The molecule has 0 nitrogen and oxygen atoms in total. The van der Waals surface area contributed by atoms with E-state index in [1.807, 2.05) is 0 Å². The summed E-state index contributed by atoms with van der Waals surface area (Å²) >= 11 is 0. The zero-order valence-corrected chi connectivity index (χ0v) is 9.27. The Kier molecular flexibility index (Phi) is 1.87. The Morgan fingerprint density at radius 2 is 2.08 bits per heavy atom. The fourth-order valence-corrected chi connectivity index (χ4v) is 3.93. The van der Waals surface area contributed by atoms with Crippen molar-refractivity contribution in [2.75, 3.05) is 0 Å². The minimum Gasteiger partial charge on any atom is -0.103 e. The van der Waals surface area contributed by atoms with Gasteiger partial charge in [0.05, 0.1) is 0 Å². The Morgan fingerprint density at radius 1 is 1.38 bits per heavy atom. The van der Waals surface area contributed by atoms with E-state index in [2.05, 4.69) is 33.4 Å². The van der Waals surface area contributed by atoms with Crippen LogP contribution in [-0.2, 0) is 0 Å². The average molecular weight is 178 g/mol. The molecule has 0 aliphatic heterocycles. The van der Waals surface area contributed by atoms with Crippen LogP contribution in [0.5, 0.6) is 0 Å². The second-order valence-corrected chi connectivity index (χ2v) is 5.83. The Morgan fingerprint density at radius 3 is 2.46 bits per heavy atom. The topological polar surface area (TPSA) is 0 Å². The molecule has 0 aromatic carbocycles. The highest BCUT2D eigenvalue weighted by atomic mass is 14.6. The van der Waals surface area contributed by atoms with Crippen LogP contribution in [0, 0.1) is 22.7 Å². The summed E-state index contributed by atoms with van der Waals surface area (Å²) in [6.07, 6.45) is 7.72. The first kappa shape index (κ1) is 9.30. The zero-order valence-electron chi connectivity index (χ0n) is 9.27. The maximum Gasteiger partial charge on any atom is -0.0240 e. The van der Waals surface area contributed by atoms with Crippen LogP contribution in [0.4, 0.5) is 0 Å². The molecular weight excluding hydrogens is 156 g/mol. The third-order valence-electron chi connectivity index (χ3n) is 5.43. The van der Waals surface area contributed by atoms with Crippen molar-refractivity contribution in [3.05, 3.63) is 12.7 Å². The molecule has 0 saturated heterocycles. The highest BCUT2D eigenvalue weighted by molar-refractivity contribution is 5.10. The molecule has 0 aromatic heterocycles. The lowest BCUT2D eigenvalue weighted by Gasteiger charge is -2.39. The SMILES string of the molecule is C=CCC1C[C@H]2CC[C@]1(C)C2(C)C. The van der Waals surface area contributed by atoms with Crippen molar-refractivity contribution in [2.45, 2.75) is 46.5 Å². The predicted octanol–water partition coefficient (Wildman–Crippen LogP) is 4.02. The van der Waals surface area contributed by atoms with Crippen LogP contribution < -0.4 is 0 Å². The maximum atomic E-state index is 3.89. The lowest BCUT2D eigenvalue weighted by atomic mass is 9.66. The fourth-order valence-electron chi connectivity index (χ4n) is 3.93. The molecule has 3 atom stereocenters. The van der Waals surface area contributed by atoms with Crippen LogP contribution in [0.25, 0.3) is 0 Å². The van der Waals surface area contributed by atoms with E-state index in [9.17, 15) is 0 Å². The van der Waals surface area contributed by atoms with Gasteiger partial charge in [-0.3, -0.25) is 0 Å². The van der Waals surface area contributed by atoms with Crippen molar-refractivity contribution < 1.29 is 0 Å². The van der Waals surface area contributed by atoms with Crippen LogP contribution in [-0.4, -0.2) is 0 Å². The van der Waals surface area contributed by atoms with Gasteiger partial charge in [-0.2, -0.15) is 0 Å². The fraction of sp³-hybridized carbons (Fsp3) is 0.846. The van der Waals surface area contributed by atoms with Gasteiger partial charge in [0.15, 0.2) is 0 Å². The maximum absolute atomic E-state index is 3.89. The quantitative estimate of drug-likeness (QED) is 0.560. The summed E-state index contributed by atoms with van der Waals surface area (Å²) in [4.78, 5) is 0. The monoisotopic (exact) mass is 178 g/mol. The lowest BCUT2D eigenvalue weighted by Crippen LogP contribution is -2.31. The summed E-state index contributed by atoms with van der Waals surface area (Å²) in [5.74, 6) is 1.90. The van der Waals surface area contributed by atoms with E-state index in [4.69, 9.17) is 0 Å². The van der Waals surface area contributed by atoms with E-state index in [-0.39, 0.29) is 0 Å². The van der Waals surface area contributed by atoms with Gasteiger partial charge in [-0.1, -0.05) is 26.8 Å². The van der Waals surface area contributed by atoms with Gasteiger partial charge in [-0.15, -0.1) is 6.58 Å². The van der Waals surface area contributed by atoms with Gasteiger partial charge in [0, 0.05) is 0 Å². The second kappa shape index (κ2) is 2.62. The molecule has 13 heavy (non-hydrogen) atoms. The molecule has 0 heterocycles. The van der Waals surface area contributed by atoms with E-state index in [0.29, 0.717) is 10.8 Å². The Bertz CT molecular complexity index is 226. The summed E-state index contributed by atoms with van der Waals surface area (Å²) in [6, 6.07) is 0. The number of hydrogen-bond acceptors (Lipinski definition) is 0. The van der Waals surface area contributed by atoms with Gasteiger partial charge in [0.25, 0.3) is 0 Å². The number of hydrogen-bond donors (Lipinski definition) is 0. The minimum atomic E-state index is 0.584. The van der Waals surface area contributed by atoms with Gasteiger partial charge in [-0.25, -0.2) is 0 Å². The van der Waals surface area contributed by atoms with E-state index >= 15 is 0 Å². The molecular formula is C13H22. The standard InChI is InChI=1S/C13H22/c1-5-6-11-9-10-7-8-13(11,4)12(10,2)3/h5,10-11H,1,6-9H2,2-4H3/t10-,11?,13+/m1/s1. The average Bonchev–Trinajstić information content (AvgIpc) is 2.37. The first-order valence-electron chi connectivity index (χ1n) is 5.63. The molecule has 2 aliphatic rings. The summed E-state index contributed by atoms with van der Waals surface area (Å²) in [5.41, 5.74) is 1.19. The summed E-state index contributed by atoms with van der Waals surface area (Å²) < 4.78 is 0. The van der Waals surface area contributed by atoms with Crippen LogP contribution in [0.15, 0.2) is 12.7 Å². The van der Waals surface area contributed by atoms with Crippen molar-refractivity contribution in [2.24, 2.45) is 22.7 Å². The molecule has 0 N–H and O–H groups in total. The molecule has 0 amide bonds. The van der Waals surface area contributed by atoms with E-state index < -0.39 is 0 Å². The molecule has 2 aliphatic carbocycles. The summed E-state index contributed by atoms with van der Waals surface area (Å²) in [7, 11) is 0. The van der Waals surface area contributed by atoms with Crippen LogP contribution >= 0.6 is 0 Å². The van der Waals surface area contributed by atoms with Crippen LogP contribution in [0.3, 0.4) is 0 Å². The number of allylic oxidation sites excluding steroid dienone is 1. The summed E-state index contributed by atoms with van der Waals surface area (Å²) in [5, 5.41) is 0. The second-order valence-electron chi connectivity index (χ2n) is 5.83. The van der Waals surface area contributed by atoms with E-state index in [1.54, 1.807) is 0 Å².